The maximum Gasteiger partial charge on any atom is 0.255 e. The van der Waals surface area contributed by atoms with Crippen LogP contribution in [-0.4, -0.2) is 31.7 Å². The van der Waals surface area contributed by atoms with Crippen LogP contribution in [0.2, 0.25) is 0 Å². The molecule has 1 aliphatic rings. The Morgan fingerprint density at radius 3 is 2.33 bits per heavy atom. The van der Waals surface area contributed by atoms with Crippen molar-refractivity contribution in [1.29, 1.82) is 0 Å². The maximum atomic E-state index is 13.0. The van der Waals surface area contributed by atoms with Crippen LogP contribution in [0.15, 0.2) is 77.7 Å². The molecule has 7 heteroatoms. The highest BCUT2D eigenvalue weighted by Crippen LogP contribution is 2.24. The molecular weight excluding hydrogens is 436 g/mol. The van der Waals surface area contributed by atoms with Crippen molar-refractivity contribution in [2.75, 3.05) is 18.4 Å². The molecule has 172 valence electrons. The number of hydrogen-bond acceptors (Lipinski definition) is 4. The molecule has 1 aliphatic heterocycles. The predicted molar refractivity (Wildman–Crippen MR) is 129 cm³/mol. The fourth-order valence-corrected chi connectivity index (χ4v) is 5.38. The number of ether oxygens (including phenoxy) is 1. The number of nitrogens with zero attached hydrogens (tertiary/aromatic N) is 1. The topological polar surface area (TPSA) is 75.7 Å². The lowest BCUT2D eigenvalue weighted by Gasteiger charge is -2.26. The molecule has 0 bridgehead atoms. The summed E-state index contributed by atoms with van der Waals surface area (Å²) >= 11 is 0. The van der Waals surface area contributed by atoms with E-state index in [1.54, 1.807) is 43.3 Å². The fraction of sp³-hybridized carbons (Fsp3) is 0.269. The second kappa shape index (κ2) is 10.2. The summed E-state index contributed by atoms with van der Waals surface area (Å²) in [7, 11) is -3.61. The second-order valence-corrected chi connectivity index (χ2v) is 10.1. The van der Waals surface area contributed by atoms with E-state index >= 15 is 0 Å². The van der Waals surface area contributed by atoms with Gasteiger partial charge < -0.3 is 10.1 Å². The van der Waals surface area contributed by atoms with E-state index in [9.17, 15) is 13.2 Å². The number of amides is 1. The molecule has 6 nitrogen and oxygen atoms in total. The third kappa shape index (κ3) is 5.61. The van der Waals surface area contributed by atoms with E-state index in [2.05, 4.69) is 5.32 Å². The SMILES string of the molecule is Cc1ccc(S(=O)(=O)N2CCCCC2)cc1C(=O)Nc1ccc(OCc2ccccc2)cc1. The van der Waals surface area contributed by atoms with E-state index < -0.39 is 10.0 Å². The van der Waals surface area contributed by atoms with Crippen LogP contribution >= 0.6 is 0 Å². The van der Waals surface area contributed by atoms with Crippen molar-refractivity contribution in [3.63, 3.8) is 0 Å². The zero-order valence-corrected chi connectivity index (χ0v) is 19.5. The molecule has 0 radical (unpaired) electrons. The van der Waals surface area contributed by atoms with Crippen LogP contribution in [0, 0.1) is 6.92 Å². The smallest absolute Gasteiger partial charge is 0.255 e. The Bertz CT molecular complexity index is 1200. The van der Waals surface area contributed by atoms with Crippen LogP contribution < -0.4 is 10.1 Å². The largest absolute Gasteiger partial charge is 0.489 e. The van der Waals surface area contributed by atoms with Gasteiger partial charge in [-0.2, -0.15) is 4.31 Å². The van der Waals surface area contributed by atoms with Gasteiger partial charge in [-0.1, -0.05) is 42.8 Å². The quantitative estimate of drug-likeness (QED) is 0.534. The second-order valence-electron chi connectivity index (χ2n) is 8.19. The van der Waals surface area contributed by atoms with Crippen LogP contribution in [0.25, 0.3) is 0 Å². The molecule has 0 spiro atoms. The zero-order valence-electron chi connectivity index (χ0n) is 18.7. The van der Waals surface area contributed by atoms with Crippen molar-refractivity contribution in [2.45, 2.75) is 37.7 Å². The van der Waals surface area contributed by atoms with Gasteiger partial charge in [-0.15, -0.1) is 0 Å². The third-order valence-electron chi connectivity index (χ3n) is 5.77. The van der Waals surface area contributed by atoms with Gasteiger partial charge >= 0.3 is 0 Å². The highest BCUT2D eigenvalue weighted by atomic mass is 32.2. The molecule has 1 saturated heterocycles. The number of nitrogens with one attached hydrogen (secondary N) is 1. The Morgan fingerprint density at radius 1 is 0.939 bits per heavy atom. The molecule has 1 N–H and O–H groups in total. The predicted octanol–water partition coefficient (Wildman–Crippen LogP) is 5.00. The van der Waals surface area contributed by atoms with Crippen molar-refractivity contribution in [2.24, 2.45) is 0 Å². The first kappa shape index (κ1) is 23.0. The average molecular weight is 465 g/mol. The molecule has 4 rings (SSSR count). The van der Waals surface area contributed by atoms with Crippen molar-refractivity contribution >= 4 is 21.6 Å². The minimum atomic E-state index is -3.61. The van der Waals surface area contributed by atoms with Crippen molar-refractivity contribution in [3.05, 3.63) is 89.5 Å². The number of carbonyl (C=O) groups is 1. The number of benzene rings is 3. The highest BCUT2D eigenvalue weighted by molar-refractivity contribution is 7.89. The summed E-state index contributed by atoms with van der Waals surface area (Å²) in [6, 6.07) is 21.7. The summed E-state index contributed by atoms with van der Waals surface area (Å²) < 4.78 is 33.3. The van der Waals surface area contributed by atoms with Crippen molar-refractivity contribution < 1.29 is 17.9 Å². The van der Waals surface area contributed by atoms with Gasteiger partial charge in [0.15, 0.2) is 0 Å². The molecule has 1 amide bonds. The van der Waals surface area contributed by atoms with E-state index in [1.165, 1.54) is 10.4 Å². The summed E-state index contributed by atoms with van der Waals surface area (Å²) in [4.78, 5) is 13.1. The van der Waals surface area contributed by atoms with Crippen LogP contribution in [0.5, 0.6) is 5.75 Å². The summed E-state index contributed by atoms with van der Waals surface area (Å²) in [6.45, 7) is 3.31. The number of piperidine rings is 1. The Hall–Kier alpha value is -3.16. The van der Waals surface area contributed by atoms with E-state index in [0.29, 0.717) is 42.3 Å². The van der Waals surface area contributed by atoms with Crippen molar-refractivity contribution in [1.82, 2.24) is 4.31 Å². The number of carbonyl (C=O) groups excluding carboxylic acids is 1. The number of aryl methyl sites for hydroxylation is 1. The lowest BCUT2D eigenvalue weighted by atomic mass is 10.1. The molecule has 3 aromatic rings. The Balaban J connectivity index is 1.44. The van der Waals surface area contributed by atoms with Gasteiger partial charge in [-0.25, -0.2) is 8.42 Å². The molecule has 3 aromatic carbocycles. The number of anilines is 1. The Morgan fingerprint density at radius 2 is 1.64 bits per heavy atom. The van der Waals surface area contributed by atoms with Crippen molar-refractivity contribution in [3.8, 4) is 5.75 Å². The molecular formula is C26H28N2O4S. The molecule has 0 saturated carbocycles. The van der Waals surface area contributed by atoms with Gasteiger partial charge in [0.25, 0.3) is 5.91 Å². The first-order valence-electron chi connectivity index (χ1n) is 11.1. The van der Waals surface area contributed by atoms with Gasteiger partial charge in [0.1, 0.15) is 12.4 Å². The van der Waals surface area contributed by atoms with Crippen LogP contribution in [-0.2, 0) is 16.6 Å². The molecule has 1 fully saturated rings. The van der Waals surface area contributed by atoms with Crippen LogP contribution in [0.4, 0.5) is 5.69 Å². The first-order valence-corrected chi connectivity index (χ1v) is 12.6. The van der Waals surface area contributed by atoms with E-state index in [-0.39, 0.29) is 10.8 Å². The lowest BCUT2D eigenvalue weighted by Crippen LogP contribution is -2.35. The minimum Gasteiger partial charge on any atom is -0.489 e. The number of hydrogen-bond donors (Lipinski definition) is 1. The molecule has 1 heterocycles. The summed E-state index contributed by atoms with van der Waals surface area (Å²) in [6.07, 6.45) is 2.77. The van der Waals surface area contributed by atoms with Gasteiger partial charge in [0.2, 0.25) is 10.0 Å². The fourth-order valence-electron chi connectivity index (χ4n) is 3.83. The standard InChI is InChI=1S/C26H28N2O4S/c1-20-10-15-24(33(30,31)28-16-6-3-7-17-28)18-25(20)26(29)27-22-11-13-23(14-12-22)32-19-21-8-4-2-5-9-21/h2,4-5,8-15,18H,3,6-7,16-17,19H2,1H3,(H,27,29). The monoisotopic (exact) mass is 464 g/mol. The Labute approximate surface area is 195 Å². The number of sulfonamides is 1. The Kier molecular flexibility index (Phi) is 7.11. The molecule has 0 aromatic heterocycles. The molecule has 33 heavy (non-hydrogen) atoms. The average Bonchev–Trinajstić information content (AvgIpc) is 2.85. The van der Waals surface area contributed by atoms with Gasteiger partial charge in [0, 0.05) is 24.3 Å². The first-order chi connectivity index (χ1) is 15.9. The molecule has 0 aliphatic carbocycles. The van der Waals surface area contributed by atoms with Gasteiger partial charge in [-0.3, -0.25) is 4.79 Å². The van der Waals surface area contributed by atoms with Crippen LogP contribution in [0.1, 0.15) is 40.7 Å². The van der Waals surface area contributed by atoms with Gasteiger partial charge in [0.05, 0.1) is 4.90 Å². The normalized spacial score (nSPS) is 14.6. The molecule has 0 unspecified atom stereocenters. The lowest BCUT2D eigenvalue weighted by molar-refractivity contribution is 0.102. The molecule has 0 atom stereocenters. The van der Waals surface area contributed by atoms with E-state index in [1.807, 2.05) is 30.3 Å². The summed E-state index contributed by atoms with van der Waals surface area (Å²) in [5.41, 5.74) is 2.74. The highest BCUT2D eigenvalue weighted by Gasteiger charge is 2.27. The van der Waals surface area contributed by atoms with E-state index in [0.717, 1.165) is 24.8 Å². The zero-order chi connectivity index (χ0) is 23.3. The minimum absolute atomic E-state index is 0.157. The van der Waals surface area contributed by atoms with Crippen LogP contribution in [0.3, 0.4) is 0 Å². The van der Waals surface area contributed by atoms with E-state index in [4.69, 9.17) is 4.74 Å². The third-order valence-corrected chi connectivity index (χ3v) is 7.66. The number of rotatable bonds is 7. The summed E-state index contributed by atoms with van der Waals surface area (Å²) in [5.74, 6) is 0.351. The van der Waals surface area contributed by atoms with Gasteiger partial charge in [-0.05, 0) is 67.3 Å². The summed E-state index contributed by atoms with van der Waals surface area (Å²) in [5, 5.41) is 2.86. The maximum absolute atomic E-state index is 13.0.